The summed E-state index contributed by atoms with van der Waals surface area (Å²) in [5, 5.41) is 5.41. The molecule has 122 valence electrons. The molecule has 0 saturated heterocycles. The lowest BCUT2D eigenvalue weighted by molar-refractivity contribution is -0.687. The molecule has 3 nitrogen and oxygen atoms in total. The van der Waals surface area contributed by atoms with E-state index in [0.717, 1.165) is 24.4 Å². The van der Waals surface area contributed by atoms with E-state index in [-0.39, 0.29) is 5.91 Å². The Balaban J connectivity index is 1.94. The van der Waals surface area contributed by atoms with E-state index in [1.807, 2.05) is 0 Å². The Hall–Kier alpha value is -1.35. The molecule has 22 heavy (non-hydrogen) atoms. The summed E-state index contributed by atoms with van der Waals surface area (Å²) in [6.07, 6.45) is 7.12. The maximum Gasteiger partial charge on any atom is 0.279 e. The van der Waals surface area contributed by atoms with E-state index in [1.165, 1.54) is 36.8 Å². The first-order valence-corrected chi connectivity index (χ1v) is 8.89. The number of anilines is 1. The molecule has 3 heteroatoms. The number of hydrogen-bond donors (Lipinski definition) is 2. The van der Waals surface area contributed by atoms with Gasteiger partial charge in [0.25, 0.3) is 5.91 Å². The molecule has 1 aliphatic carbocycles. The fourth-order valence-electron chi connectivity index (χ4n) is 3.55. The minimum Gasteiger partial charge on any atom is -0.336 e. The highest BCUT2D eigenvalue weighted by Gasteiger charge is 2.24. The summed E-state index contributed by atoms with van der Waals surface area (Å²) in [7, 11) is 0. The summed E-state index contributed by atoms with van der Waals surface area (Å²) in [6.45, 7) is 7.14. The molecule has 0 radical (unpaired) electrons. The van der Waals surface area contributed by atoms with Gasteiger partial charge in [0.1, 0.15) is 0 Å². The van der Waals surface area contributed by atoms with Gasteiger partial charge in [-0.2, -0.15) is 0 Å². The Morgan fingerprint density at radius 3 is 2.41 bits per heavy atom. The van der Waals surface area contributed by atoms with Gasteiger partial charge in [-0.25, -0.2) is 0 Å². The molecule has 1 amide bonds. The summed E-state index contributed by atoms with van der Waals surface area (Å²) in [5.74, 6) is 0.865. The van der Waals surface area contributed by atoms with Crippen molar-refractivity contribution >= 4 is 11.6 Å². The first-order valence-electron chi connectivity index (χ1n) is 8.89. The molecule has 0 spiro atoms. The number of amides is 1. The average Bonchev–Trinajstić information content (AvgIpc) is 2.54. The first kappa shape index (κ1) is 17.0. The fraction of sp³-hybridized carbons (Fsp3) is 0.632. The maximum atomic E-state index is 12.4. The number of quaternary nitrogens is 1. The molecule has 1 fully saturated rings. The lowest BCUT2D eigenvalue weighted by Crippen LogP contribution is -2.93. The zero-order valence-corrected chi connectivity index (χ0v) is 14.3. The number of nitrogens with two attached hydrogens (primary N) is 1. The number of carbonyl (C=O) groups is 1. The fourth-order valence-corrected chi connectivity index (χ4v) is 3.55. The van der Waals surface area contributed by atoms with Crippen molar-refractivity contribution in [2.24, 2.45) is 5.92 Å². The third-order valence-electron chi connectivity index (χ3n) is 5.05. The third-order valence-corrected chi connectivity index (χ3v) is 5.05. The standard InChI is InChI=1S/C19H30N2O/c1-4-15-10-8-11-16(5-2)19(15)21-18(22)13-20-17-12-7-6-9-14(17)3/h8,10-11,14,17,20H,4-7,9,12-13H2,1-3H3,(H,21,22)/p+1/t14-,17+/m1/s1. The van der Waals surface area contributed by atoms with Gasteiger partial charge in [0, 0.05) is 11.6 Å². The zero-order valence-electron chi connectivity index (χ0n) is 14.3. The highest BCUT2D eigenvalue weighted by molar-refractivity contribution is 5.93. The number of para-hydroxylation sites is 1. The Kier molecular flexibility index (Phi) is 6.44. The first-order chi connectivity index (χ1) is 10.7. The third kappa shape index (κ3) is 4.33. The molecule has 1 aromatic carbocycles. The topological polar surface area (TPSA) is 45.7 Å². The lowest BCUT2D eigenvalue weighted by Gasteiger charge is -2.26. The summed E-state index contributed by atoms with van der Waals surface area (Å²) < 4.78 is 0. The van der Waals surface area contributed by atoms with Gasteiger partial charge in [0.15, 0.2) is 6.54 Å². The SMILES string of the molecule is CCc1cccc(CC)c1NC(=O)C[NH2+][C@H]1CCCC[C@H]1C. The molecule has 0 aliphatic heterocycles. The molecular formula is C19H31N2O+. The van der Waals surface area contributed by atoms with Crippen LogP contribution in [0.3, 0.4) is 0 Å². The van der Waals surface area contributed by atoms with Crippen LogP contribution in [0, 0.1) is 5.92 Å². The van der Waals surface area contributed by atoms with Gasteiger partial charge in [0.05, 0.1) is 6.04 Å². The van der Waals surface area contributed by atoms with E-state index in [0.29, 0.717) is 12.6 Å². The molecule has 2 atom stereocenters. The van der Waals surface area contributed by atoms with Crippen molar-refractivity contribution in [3.8, 4) is 0 Å². The van der Waals surface area contributed by atoms with E-state index in [4.69, 9.17) is 0 Å². The van der Waals surface area contributed by atoms with Crippen molar-refractivity contribution in [3.05, 3.63) is 29.3 Å². The highest BCUT2D eigenvalue weighted by atomic mass is 16.1. The molecular weight excluding hydrogens is 272 g/mol. The second kappa shape index (κ2) is 8.33. The summed E-state index contributed by atoms with van der Waals surface area (Å²) in [5.41, 5.74) is 3.51. The molecule has 1 aliphatic rings. The summed E-state index contributed by atoms with van der Waals surface area (Å²) in [4.78, 5) is 12.4. The smallest absolute Gasteiger partial charge is 0.279 e. The van der Waals surface area contributed by atoms with Crippen LogP contribution in [0.1, 0.15) is 57.6 Å². The Labute approximate surface area is 134 Å². The maximum absolute atomic E-state index is 12.4. The molecule has 0 bridgehead atoms. The van der Waals surface area contributed by atoms with Crippen molar-refractivity contribution < 1.29 is 10.1 Å². The lowest BCUT2D eigenvalue weighted by atomic mass is 9.86. The number of hydrogen-bond acceptors (Lipinski definition) is 1. The van der Waals surface area contributed by atoms with Crippen molar-refractivity contribution in [1.82, 2.24) is 0 Å². The van der Waals surface area contributed by atoms with Crippen LogP contribution in [0.25, 0.3) is 0 Å². The van der Waals surface area contributed by atoms with Gasteiger partial charge in [-0.15, -0.1) is 0 Å². The number of benzene rings is 1. The van der Waals surface area contributed by atoms with Crippen molar-refractivity contribution in [2.75, 3.05) is 11.9 Å². The van der Waals surface area contributed by atoms with E-state index in [2.05, 4.69) is 49.6 Å². The normalized spacial score (nSPS) is 21.6. The molecule has 0 unspecified atom stereocenters. The number of rotatable bonds is 6. The summed E-state index contributed by atoms with van der Waals surface area (Å²) in [6, 6.07) is 6.93. The molecule has 0 aromatic heterocycles. The van der Waals surface area contributed by atoms with Crippen LogP contribution < -0.4 is 10.6 Å². The van der Waals surface area contributed by atoms with Crippen molar-refractivity contribution in [2.45, 2.75) is 65.3 Å². The number of carbonyl (C=O) groups excluding carboxylic acids is 1. The van der Waals surface area contributed by atoms with Crippen LogP contribution in [0.2, 0.25) is 0 Å². The molecule has 2 rings (SSSR count). The van der Waals surface area contributed by atoms with Crippen LogP contribution in [-0.2, 0) is 17.6 Å². The van der Waals surface area contributed by atoms with E-state index < -0.39 is 0 Å². The van der Waals surface area contributed by atoms with E-state index >= 15 is 0 Å². The Bertz CT molecular complexity index is 476. The van der Waals surface area contributed by atoms with E-state index in [1.54, 1.807) is 0 Å². The predicted molar refractivity (Wildman–Crippen MR) is 92.0 cm³/mol. The van der Waals surface area contributed by atoms with Gasteiger partial charge >= 0.3 is 0 Å². The van der Waals surface area contributed by atoms with Gasteiger partial charge < -0.3 is 10.6 Å². The van der Waals surface area contributed by atoms with Crippen LogP contribution in [0.4, 0.5) is 5.69 Å². The highest BCUT2D eigenvalue weighted by Crippen LogP contribution is 2.23. The minimum atomic E-state index is 0.133. The zero-order chi connectivity index (χ0) is 15.9. The van der Waals surface area contributed by atoms with Gasteiger partial charge in [0.2, 0.25) is 0 Å². The van der Waals surface area contributed by atoms with E-state index in [9.17, 15) is 4.79 Å². The Morgan fingerprint density at radius 2 is 1.82 bits per heavy atom. The molecule has 1 saturated carbocycles. The second-order valence-electron chi connectivity index (χ2n) is 6.57. The van der Waals surface area contributed by atoms with Crippen molar-refractivity contribution in [1.29, 1.82) is 0 Å². The number of aryl methyl sites for hydroxylation is 2. The molecule has 0 heterocycles. The van der Waals surface area contributed by atoms with Crippen LogP contribution in [0.15, 0.2) is 18.2 Å². The molecule has 3 N–H and O–H groups in total. The minimum absolute atomic E-state index is 0.133. The van der Waals surface area contributed by atoms with Crippen molar-refractivity contribution in [3.63, 3.8) is 0 Å². The van der Waals surface area contributed by atoms with Crippen LogP contribution in [0.5, 0.6) is 0 Å². The quantitative estimate of drug-likeness (QED) is 0.834. The monoisotopic (exact) mass is 303 g/mol. The van der Waals surface area contributed by atoms with Crippen LogP contribution in [-0.4, -0.2) is 18.5 Å². The van der Waals surface area contributed by atoms with Gasteiger partial charge in [-0.3, -0.25) is 4.79 Å². The Morgan fingerprint density at radius 1 is 1.18 bits per heavy atom. The predicted octanol–water partition coefficient (Wildman–Crippen LogP) is 2.89. The largest absolute Gasteiger partial charge is 0.336 e. The van der Waals surface area contributed by atoms with Crippen LogP contribution >= 0.6 is 0 Å². The van der Waals surface area contributed by atoms with Gasteiger partial charge in [-0.05, 0) is 43.2 Å². The summed E-state index contributed by atoms with van der Waals surface area (Å²) >= 11 is 0. The second-order valence-corrected chi connectivity index (χ2v) is 6.57. The molecule has 1 aromatic rings. The van der Waals surface area contributed by atoms with Gasteiger partial charge in [-0.1, -0.05) is 45.4 Å². The number of nitrogens with one attached hydrogen (secondary N) is 1. The average molecular weight is 303 g/mol.